The summed E-state index contributed by atoms with van der Waals surface area (Å²) in [7, 11) is 4.22. The minimum Gasteiger partial charge on any atom is -0.398 e. The first-order chi connectivity index (χ1) is 9.58. The highest BCUT2D eigenvalue weighted by atomic mass is 15.0. The molecule has 1 aliphatic rings. The Labute approximate surface area is 121 Å². The Bertz CT molecular complexity index is 657. The van der Waals surface area contributed by atoms with E-state index in [1.165, 1.54) is 33.4 Å². The van der Waals surface area contributed by atoms with Crippen LogP contribution in [0, 0.1) is 6.92 Å². The molecule has 0 amide bonds. The monoisotopic (exact) mass is 266 g/mol. The van der Waals surface area contributed by atoms with E-state index in [9.17, 15) is 0 Å². The minimum atomic E-state index is 0.978. The van der Waals surface area contributed by atoms with E-state index in [2.05, 4.69) is 56.3 Å². The lowest BCUT2D eigenvalue weighted by molar-refractivity contribution is 0.413. The molecule has 0 saturated carbocycles. The van der Waals surface area contributed by atoms with Crippen molar-refractivity contribution in [2.75, 3.05) is 26.4 Å². The minimum absolute atomic E-state index is 0.978. The molecule has 0 radical (unpaired) electrons. The van der Waals surface area contributed by atoms with Crippen LogP contribution >= 0.6 is 0 Å². The highest BCUT2D eigenvalue weighted by molar-refractivity contribution is 5.83. The Kier molecular flexibility index (Phi) is 3.27. The average molecular weight is 266 g/mol. The van der Waals surface area contributed by atoms with Crippen molar-refractivity contribution in [2.45, 2.75) is 19.8 Å². The van der Waals surface area contributed by atoms with Gasteiger partial charge in [-0.25, -0.2) is 0 Å². The van der Waals surface area contributed by atoms with E-state index in [1.54, 1.807) is 0 Å². The van der Waals surface area contributed by atoms with Crippen LogP contribution in [0.4, 0.5) is 5.69 Å². The van der Waals surface area contributed by atoms with Crippen LogP contribution in [0.15, 0.2) is 30.3 Å². The van der Waals surface area contributed by atoms with E-state index in [-0.39, 0.29) is 0 Å². The van der Waals surface area contributed by atoms with E-state index in [1.807, 2.05) is 0 Å². The lowest BCUT2D eigenvalue weighted by atomic mass is 9.95. The summed E-state index contributed by atoms with van der Waals surface area (Å²) in [5, 5.41) is 0. The van der Waals surface area contributed by atoms with E-state index < -0.39 is 0 Å². The molecule has 20 heavy (non-hydrogen) atoms. The maximum absolute atomic E-state index is 6.41. The van der Waals surface area contributed by atoms with Gasteiger partial charge in [-0.2, -0.15) is 0 Å². The molecule has 0 unspecified atom stereocenters. The van der Waals surface area contributed by atoms with Crippen LogP contribution in [0.2, 0.25) is 0 Å². The molecule has 2 nitrogen and oxygen atoms in total. The van der Waals surface area contributed by atoms with E-state index in [0.717, 1.165) is 25.1 Å². The molecule has 0 heterocycles. The number of hydrogen-bond donors (Lipinski definition) is 1. The van der Waals surface area contributed by atoms with Crippen molar-refractivity contribution in [1.82, 2.24) is 4.90 Å². The van der Waals surface area contributed by atoms with Crippen molar-refractivity contribution < 1.29 is 0 Å². The van der Waals surface area contributed by atoms with E-state index >= 15 is 0 Å². The molecule has 2 aromatic rings. The quantitative estimate of drug-likeness (QED) is 0.737. The van der Waals surface area contributed by atoms with Gasteiger partial charge in [0, 0.05) is 18.7 Å². The predicted octanol–water partition coefficient (Wildman–Crippen LogP) is 3.25. The number of rotatable bonds is 3. The van der Waals surface area contributed by atoms with Crippen molar-refractivity contribution >= 4 is 5.69 Å². The lowest BCUT2D eigenvalue weighted by Crippen LogP contribution is -2.16. The number of fused-ring (bicyclic) bond motifs is 3. The Morgan fingerprint density at radius 1 is 1.15 bits per heavy atom. The Hall–Kier alpha value is -1.80. The van der Waals surface area contributed by atoms with Crippen molar-refractivity contribution in [1.29, 1.82) is 0 Å². The van der Waals surface area contributed by atoms with Crippen molar-refractivity contribution in [2.24, 2.45) is 0 Å². The maximum Gasteiger partial charge on any atom is 0.0388 e. The Morgan fingerprint density at radius 3 is 2.65 bits per heavy atom. The van der Waals surface area contributed by atoms with Crippen LogP contribution in [0.5, 0.6) is 0 Å². The van der Waals surface area contributed by atoms with Crippen molar-refractivity contribution in [3.8, 4) is 11.1 Å². The molecule has 3 rings (SSSR count). The van der Waals surface area contributed by atoms with Crippen LogP contribution in [-0.4, -0.2) is 25.5 Å². The second-order valence-corrected chi connectivity index (χ2v) is 5.99. The van der Waals surface area contributed by atoms with Gasteiger partial charge in [0.15, 0.2) is 0 Å². The van der Waals surface area contributed by atoms with Gasteiger partial charge in [0.25, 0.3) is 0 Å². The summed E-state index contributed by atoms with van der Waals surface area (Å²) in [4.78, 5) is 2.22. The fourth-order valence-electron chi connectivity index (χ4n) is 3.08. The van der Waals surface area contributed by atoms with Gasteiger partial charge >= 0.3 is 0 Å². The third-order valence-electron chi connectivity index (χ3n) is 4.36. The van der Waals surface area contributed by atoms with Crippen LogP contribution in [-0.2, 0) is 12.8 Å². The zero-order valence-electron chi connectivity index (χ0n) is 12.5. The van der Waals surface area contributed by atoms with Crippen LogP contribution < -0.4 is 5.73 Å². The van der Waals surface area contributed by atoms with Gasteiger partial charge in [-0.15, -0.1) is 0 Å². The van der Waals surface area contributed by atoms with Gasteiger partial charge in [0.05, 0.1) is 0 Å². The summed E-state index contributed by atoms with van der Waals surface area (Å²) in [6.07, 6.45) is 2.03. The fourth-order valence-corrected chi connectivity index (χ4v) is 3.08. The number of nitrogens with two attached hydrogens (primary N) is 1. The third-order valence-corrected chi connectivity index (χ3v) is 4.36. The maximum atomic E-state index is 6.41. The van der Waals surface area contributed by atoms with Crippen LogP contribution in [0.3, 0.4) is 0 Å². The normalized spacial score (nSPS) is 12.6. The summed E-state index contributed by atoms with van der Waals surface area (Å²) in [6.45, 7) is 3.21. The van der Waals surface area contributed by atoms with Crippen molar-refractivity contribution in [3.05, 3.63) is 52.6 Å². The molecular weight excluding hydrogens is 244 g/mol. The molecule has 2 N–H and O–H groups in total. The molecule has 1 aliphatic carbocycles. The smallest absolute Gasteiger partial charge is 0.0388 e. The van der Waals surface area contributed by atoms with Crippen molar-refractivity contribution in [3.63, 3.8) is 0 Å². The first kappa shape index (κ1) is 13.2. The van der Waals surface area contributed by atoms with Gasteiger partial charge in [-0.3, -0.25) is 0 Å². The summed E-state index contributed by atoms with van der Waals surface area (Å²) >= 11 is 0. The molecule has 2 aromatic carbocycles. The molecule has 0 fully saturated rings. The number of benzene rings is 2. The van der Waals surface area contributed by atoms with Crippen LogP contribution in [0.1, 0.15) is 22.3 Å². The summed E-state index contributed by atoms with van der Waals surface area (Å²) in [5.41, 5.74) is 15.5. The summed E-state index contributed by atoms with van der Waals surface area (Å²) in [5.74, 6) is 0. The first-order valence-corrected chi connectivity index (χ1v) is 7.21. The van der Waals surface area contributed by atoms with E-state index in [4.69, 9.17) is 5.73 Å². The Balaban J connectivity index is 2.07. The number of hydrogen-bond acceptors (Lipinski definition) is 2. The number of anilines is 1. The van der Waals surface area contributed by atoms with Gasteiger partial charge < -0.3 is 10.6 Å². The van der Waals surface area contributed by atoms with Gasteiger partial charge in [-0.1, -0.05) is 30.3 Å². The topological polar surface area (TPSA) is 29.3 Å². The SMILES string of the molecule is Cc1c(CCN(C)C)cc2c(c1N)Cc1ccccc1-2. The molecule has 104 valence electrons. The molecule has 0 saturated heterocycles. The Morgan fingerprint density at radius 2 is 1.90 bits per heavy atom. The fraction of sp³-hybridized carbons (Fsp3) is 0.333. The third kappa shape index (κ3) is 2.10. The van der Waals surface area contributed by atoms with E-state index in [0.29, 0.717) is 0 Å². The molecule has 2 heteroatoms. The lowest BCUT2D eigenvalue weighted by Gasteiger charge is -2.16. The largest absolute Gasteiger partial charge is 0.398 e. The van der Waals surface area contributed by atoms with Gasteiger partial charge in [0.2, 0.25) is 0 Å². The second-order valence-electron chi connectivity index (χ2n) is 5.99. The van der Waals surface area contributed by atoms with Gasteiger partial charge in [-0.05, 0) is 60.8 Å². The second kappa shape index (κ2) is 4.95. The molecule has 0 aromatic heterocycles. The van der Waals surface area contributed by atoms with Crippen LogP contribution in [0.25, 0.3) is 11.1 Å². The predicted molar refractivity (Wildman–Crippen MR) is 86.1 cm³/mol. The average Bonchev–Trinajstić information content (AvgIpc) is 2.80. The zero-order chi connectivity index (χ0) is 14.3. The summed E-state index contributed by atoms with van der Waals surface area (Å²) in [6, 6.07) is 11.0. The number of nitrogen functional groups attached to an aromatic ring is 1. The summed E-state index contributed by atoms with van der Waals surface area (Å²) < 4.78 is 0. The number of nitrogens with zero attached hydrogens (tertiary/aromatic N) is 1. The molecule has 0 atom stereocenters. The van der Waals surface area contributed by atoms with Gasteiger partial charge in [0.1, 0.15) is 0 Å². The first-order valence-electron chi connectivity index (χ1n) is 7.21. The highest BCUT2D eigenvalue weighted by Gasteiger charge is 2.22. The molecule has 0 bridgehead atoms. The molecule has 0 aliphatic heterocycles. The zero-order valence-corrected chi connectivity index (χ0v) is 12.5. The molecule has 0 spiro atoms. The standard InChI is InChI=1S/C18H22N2/c1-12-13(8-9-20(2)3)10-16-15-7-5-4-6-14(15)11-17(16)18(12)19/h4-7,10H,8-9,11,19H2,1-3H3. The number of likely N-dealkylation sites (N-methyl/N-ethyl adjacent to an activating group) is 1. The highest BCUT2D eigenvalue weighted by Crippen LogP contribution is 2.41. The molecular formula is C18H22N2.